The molecule has 1 amide bonds. The summed E-state index contributed by atoms with van der Waals surface area (Å²) in [6.45, 7) is 1.11. The van der Waals surface area contributed by atoms with Crippen LogP contribution in [0.25, 0.3) is 11.1 Å². The molecule has 0 radical (unpaired) electrons. The van der Waals surface area contributed by atoms with E-state index in [4.69, 9.17) is 0 Å². The van der Waals surface area contributed by atoms with Gasteiger partial charge in [-0.05, 0) is 35.4 Å². The lowest BCUT2D eigenvalue weighted by Crippen LogP contribution is -2.38. The van der Waals surface area contributed by atoms with E-state index in [-0.39, 0.29) is 17.9 Å². The smallest absolute Gasteiger partial charge is 0.226 e. The van der Waals surface area contributed by atoms with Crippen LogP contribution in [0.1, 0.15) is 23.6 Å². The highest BCUT2D eigenvalue weighted by atomic mass is 32.2. The maximum Gasteiger partial charge on any atom is 0.226 e. The van der Waals surface area contributed by atoms with Crippen molar-refractivity contribution in [2.24, 2.45) is 5.92 Å². The van der Waals surface area contributed by atoms with Crippen LogP contribution in [0.3, 0.4) is 0 Å². The van der Waals surface area contributed by atoms with Gasteiger partial charge in [-0.1, -0.05) is 30.3 Å². The van der Waals surface area contributed by atoms with Crippen LogP contribution in [0, 0.1) is 5.92 Å². The van der Waals surface area contributed by atoms with Gasteiger partial charge in [0.15, 0.2) is 0 Å². The molecule has 1 N–H and O–H groups in total. The van der Waals surface area contributed by atoms with Gasteiger partial charge in [-0.25, -0.2) is 13.1 Å². The molecule has 1 saturated carbocycles. The van der Waals surface area contributed by atoms with E-state index < -0.39 is 10.0 Å². The van der Waals surface area contributed by atoms with Gasteiger partial charge in [0.1, 0.15) is 0 Å². The average molecular weight is 391 g/mol. The van der Waals surface area contributed by atoms with Crippen molar-refractivity contribution in [3.05, 3.63) is 46.7 Å². The minimum Gasteiger partial charge on any atom is -0.341 e. The summed E-state index contributed by atoms with van der Waals surface area (Å²) >= 11 is 1.72. The van der Waals surface area contributed by atoms with Crippen molar-refractivity contribution < 1.29 is 13.2 Å². The number of nitrogens with zero attached hydrogens (tertiary/aromatic N) is 1. The Morgan fingerprint density at radius 2 is 2.00 bits per heavy atom. The first kappa shape index (κ1) is 17.7. The number of amides is 1. The highest BCUT2D eigenvalue weighted by Gasteiger charge is 2.48. The Hall–Kier alpha value is -1.70. The van der Waals surface area contributed by atoms with Crippen molar-refractivity contribution >= 4 is 27.3 Å². The minimum absolute atomic E-state index is 0.0353. The number of hydrogen-bond acceptors (Lipinski definition) is 4. The van der Waals surface area contributed by atoms with Gasteiger partial charge >= 0.3 is 0 Å². The molecule has 1 aromatic heterocycles. The summed E-state index contributed by atoms with van der Waals surface area (Å²) in [5.41, 5.74) is 2.43. The number of carbonyl (C=O) groups is 1. The molecule has 0 unspecified atom stereocenters. The largest absolute Gasteiger partial charge is 0.341 e. The summed E-state index contributed by atoms with van der Waals surface area (Å²) in [6.07, 6.45) is 2.74. The zero-order valence-corrected chi connectivity index (χ0v) is 16.2. The Morgan fingerprint density at radius 1 is 1.23 bits per heavy atom. The van der Waals surface area contributed by atoms with Crippen LogP contribution in [0.2, 0.25) is 0 Å². The van der Waals surface area contributed by atoms with E-state index in [1.54, 1.807) is 11.3 Å². The molecule has 7 heteroatoms. The monoisotopic (exact) mass is 390 g/mol. The van der Waals surface area contributed by atoms with Crippen molar-refractivity contribution in [3.63, 3.8) is 0 Å². The van der Waals surface area contributed by atoms with Crippen molar-refractivity contribution in [2.45, 2.75) is 24.8 Å². The Morgan fingerprint density at radius 3 is 2.73 bits per heavy atom. The van der Waals surface area contributed by atoms with Crippen LogP contribution in [-0.2, 0) is 14.8 Å². The molecule has 26 heavy (non-hydrogen) atoms. The highest BCUT2D eigenvalue weighted by Crippen LogP contribution is 2.53. The Bertz CT molecular complexity index is 908. The van der Waals surface area contributed by atoms with Gasteiger partial charge < -0.3 is 4.90 Å². The molecule has 3 atom stereocenters. The van der Waals surface area contributed by atoms with Crippen molar-refractivity contribution in [3.8, 4) is 11.1 Å². The van der Waals surface area contributed by atoms with Crippen molar-refractivity contribution in [2.75, 3.05) is 19.3 Å². The molecule has 2 fully saturated rings. The first-order chi connectivity index (χ1) is 12.4. The van der Waals surface area contributed by atoms with Crippen LogP contribution in [-0.4, -0.2) is 44.6 Å². The number of sulfonamides is 1. The molecule has 0 spiro atoms. The topological polar surface area (TPSA) is 66.5 Å². The lowest BCUT2D eigenvalue weighted by Gasteiger charge is -2.17. The van der Waals surface area contributed by atoms with Gasteiger partial charge in [-0.3, -0.25) is 4.79 Å². The molecule has 0 bridgehead atoms. The van der Waals surface area contributed by atoms with E-state index in [0.29, 0.717) is 25.4 Å². The van der Waals surface area contributed by atoms with E-state index in [9.17, 15) is 13.2 Å². The van der Waals surface area contributed by atoms with Gasteiger partial charge in [0.25, 0.3) is 0 Å². The predicted octanol–water partition coefficient (Wildman–Crippen LogP) is 2.67. The molecular formula is C19H22N2O3S2. The van der Waals surface area contributed by atoms with Gasteiger partial charge in [0.05, 0.1) is 6.26 Å². The number of rotatable bonds is 5. The number of thiophene rings is 1. The fourth-order valence-corrected chi connectivity index (χ4v) is 5.71. The second-order valence-electron chi connectivity index (χ2n) is 7.17. The summed E-state index contributed by atoms with van der Waals surface area (Å²) in [6, 6.07) is 12.3. The maximum absolute atomic E-state index is 12.8. The molecule has 2 aromatic rings. The van der Waals surface area contributed by atoms with E-state index in [1.807, 2.05) is 23.1 Å². The first-order valence-electron chi connectivity index (χ1n) is 8.81. The molecule has 4 rings (SSSR count). The van der Waals surface area contributed by atoms with E-state index in [0.717, 1.165) is 12.7 Å². The SMILES string of the molecule is CS(=O)(=O)N[C@@H]1CCN(C(=O)[C@@H]2C[C@H]2c2sccc2-c2ccccc2)C1. The molecule has 1 saturated heterocycles. The van der Waals surface area contributed by atoms with Crippen LogP contribution in [0.5, 0.6) is 0 Å². The summed E-state index contributed by atoms with van der Waals surface area (Å²) in [5.74, 6) is 0.493. The molecule has 2 heterocycles. The van der Waals surface area contributed by atoms with Crippen LogP contribution in [0.15, 0.2) is 41.8 Å². The minimum atomic E-state index is -3.23. The van der Waals surface area contributed by atoms with Crippen LogP contribution in [0.4, 0.5) is 0 Å². The third-order valence-corrected chi connectivity index (χ3v) is 6.92. The zero-order valence-electron chi connectivity index (χ0n) is 14.6. The Balaban J connectivity index is 1.42. The Kier molecular flexibility index (Phi) is 4.62. The van der Waals surface area contributed by atoms with E-state index in [2.05, 4.69) is 28.3 Å². The quantitative estimate of drug-likeness (QED) is 0.854. The third-order valence-electron chi connectivity index (χ3n) is 5.11. The zero-order chi connectivity index (χ0) is 18.3. The first-order valence-corrected chi connectivity index (χ1v) is 11.6. The number of hydrogen-bond donors (Lipinski definition) is 1. The Labute approximate surface area is 158 Å². The van der Waals surface area contributed by atoms with Gasteiger partial charge in [-0.2, -0.15) is 0 Å². The van der Waals surface area contributed by atoms with Crippen molar-refractivity contribution in [1.29, 1.82) is 0 Å². The molecule has 5 nitrogen and oxygen atoms in total. The maximum atomic E-state index is 12.8. The number of likely N-dealkylation sites (tertiary alicyclic amines) is 1. The molecular weight excluding hydrogens is 368 g/mol. The number of benzene rings is 1. The van der Waals surface area contributed by atoms with Gasteiger partial charge in [-0.15, -0.1) is 11.3 Å². The summed E-state index contributed by atoms with van der Waals surface area (Å²) in [5, 5.41) is 2.10. The van der Waals surface area contributed by atoms with Gasteiger partial charge in [0.2, 0.25) is 15.9 Å². The fourth-order valence-electron chi connectivity index (χ4n) is 3.82. The number of nitrogens with one attached hydrogen (secondary N) is 1. The van der Waals surface area contributed by atoms with E-state index >= 15 is 0 Å². The molecule has 1 aliphatic heterocycles. The normalized spacial score (nSPS) is 25.4. The predicted molar refractivity (Wildman–Crippen MR) is 104 cm³/mol. The number of carbonyl (C=O) groups excluding carboxylic acids is 1. The fraction of sp³-hybridized carbons (Fsp3) is 0.421. The molecule has 1 aliphatic carbocycles. The van der Waals surface area contributed by atoms with Crippen LogP contribution < -0.4 is 4.72 Å². The standard InChI is InChI=1S/C19H22N2O3S2/c1-26(23,24)20-14-7-9-21(12-14)19(22)17-11-16(17)18-15(8-10-25-18)13-5-3-2-4-6-13/h2-6,8,10,14,16-17,20H,7,9,11-12H2,1H3/t14-,16-,17-/m1/s1. The van der Waals surface area contributed by atoms with Crippen LogP contribution >= 0.6 is 11.3 Å². The molecule has 138 valence electrons. The second kappa shape index (κ2) is 6.79. The van der Waals surface area contributed by atoms with Crippen molar-refractivity contribution in [1.82, 2.24) is 9.62 Å². The molecule has 1 aromatic carbocycles. The van der Waals surface area contributed by atoms with E-state index in [1.165, 1.54) is 16.0 Å². The second-order valence-corrected chi connectivity index (χ2v) is 9.90. The molecule has 2 aliphatic rings. The highest BCUT2D eigenvalue weighted by molar-refractivity contribution is 7.88. The summed E-state index contributed by atoms with van der Waals surface area (Å²) in [4.78, 5) is 15.9. The lowest BCUT2D eigenvalue weighted by atomic mass is 10.0. The van der Waals surface area contributed by atoms with Gasteiger partial charge in [0, 0.05) is 35.8 Å². The lowest BCUT2D eigenvalue weighted by molar-refractivity contribution is -0.131. The third kappa shape index (κ3) is 3.70. The average Bonchev–Trinajstić information content (AvgIpc) is 3.02. The summed E-state index contributed by atoms with van der Waals surface area (Å²) in [7, 11) is -3.23. The summed E-state index contributed by atoms with van der Waals surface area (Å²) < 4.78 is 25.4.